The molecule has 0 nitrogen and oxygen atoms in total. The van der Waals surface area contributed by atoms with Gasteiger partial charge in [0.1, 0.15) is 0 Å². The maximum absolute atomic E-state index is 3.96. The fourth-order valence-corrected chi connectivity index (χ4v) is 0.923. The second-order valence-corrected chi connectivity index (χ2v) is 3.04. The molecule has 0 aromatic heterocycles. The van der Waals surface area contributed by atoms with Crippen molar-refractivity contribution in [1.82, 2.24) is 0 Å². The van der Waals surface area contributed by atoms with Crippen LogP contribution in [0.2, 0.25) is 0 Å². The molecule has 0 atom stereocenters. The highest BCUT2D eigenvalue weighted by molar-refractivity contribution is 5.13. The van der Waals surface area contributed by atoms with Crippen LogP contribution in [0.4, 0.5) is 0 Å². The third-order valence-electron chi connectivity index (χ3n) is 1.40. The summed E-state index contributed by atoms with van der Waals surface area (Å²) in [5.41, 5.74) is 2.41. The van der Waals surface area contributed by atoms with Crippen molar-refractivity contribution in [3.8, 4) is 0 Å². The first-order valence-electron chi connectivity index (χ1n) is 4.25. The summed E-state index contributed by atoms with van der Waals surface area (Å²) in [5, 5.41) is 0. The molecule has 0 saturated heterocycles. The van der Waals surface area contributed by atoms with E-state index in [9.17, 15) is 0 Å². The molecule has 0 aromatic carbocycles. The first-order chi connectivity index (χ1) is 5.66. The highest BCUT2D eigenvalue weighted by atomic mass is 14.0. The fourth-order valence-electron chi connectivity index (χ4n) is 0.923. The molecular formula is C12H18. The monoisotopic (exact) mass is 162 g/mol. The van der Waals surface area contributed by atoms with Crippen molar-refractivity contribution in [2.24, 2.45) is 0 Å². The van der Waals surface area contributed by atoms with Crippen LogP contribution in [0.5, 0.6) is 0 Å². The Morgan fingerprint density at radius 2 is 1.92 bits per heavy atom. The number of hydrogen-bond donors (Lipinski definition) is 0. The molecule has 12 heavy (non-hydrogen) atoms. The van der Waals surface area contributed by atoms with Gasteiger partial charge in [-0.25, -0.2) is 0 Å². The van der Waals surface area contributed by atoms with E-state index in [0.717, 1.165) is 12.8 Å². The molecule has 0 aromatic rings. The quantitative estimate of drug-likeness (QED) is 0.423. The van der Waals surface area contributed by atoms with Gasteiger partial charge in [-0.15, -0.1) is 0 Å². The molecule has 0 heterocycles. The summed E-state index contributed by atoms with van der Waals surface area (Å²) in [5.74, 6) is 0. The molecule has 0 amide bonds. The topological polar surface area (TPSA) is 0 Å². The van der Waals surface area contributed by atoms with E-state index in [2.05, 4.69) is 19.2 Å². The molecule has 0 radical (unpaired) electrons. The van der Waals surface area contributed by atoms with E-state index in [4.69, 9.17) is 0 Å². The lowest BCUT2D eigenvalue weighted by atomic mass is 10.1. The summed E-state index contributed by atoms with van der Waals surface area (Å²) in [6.07, 6.45) is 10.1. The average molecular weight is 162 g/mol. The van der Waals surface area contributed by atoms with Crippen LogP contribution < -0.4 is 0 Å². The van der Waals surface area contributed by atoms with Gasteiger partial charge in [-0.1, -0.05) is 48.6 Å². The lowest BCUT2D eigenvalue weighted by molar-refractivity contribution is 1.06. The van der Waals surface area contributed by atoms with Crippen molar-refractivity contribution in [3.05, 3.63) is 48.6 Å². The van der Waals surface area contributed by atoms with Crippen molar-refractivity contribution < 1.29 is 0 Å². The molecule has 0 fully saturated rings. The third kappa shape index (κ3) is 7.07. The smallest absolute Gasteiger partial charge is 0.0114 e. The summed E-state index contributed by atoms with van der Waals surface area (Å²) in [4.78, 5) is 0. The second kappa shape index (κ2) is 6.66. The van der Waals surface area contributed by atoms with E-state index < -0.39 is 0 Å². The van der Waals surface area contributed by atoms with E-state index in [-0.39, 0.29) is 0 Å². The van der Waals surface area contributed by atoms with E-state index in [1.165, 1.54) is 11.1 Å². The molecule has 0 aliphatic rings. The fraction of sp³-hybridized carbons (Fsp3) is 0.333. The highest BCUT2D eigenvalue weighted by Crippen LogP contribution is 2.10. The lowest BCUT2D eigenvalue weighted by Crippen LogP contribution is -1.79. The number of hydrogen-bond acceptors (Lipinski definition) is 0. The minimum atomic E-state index is 0.945. The summed E-state index contributed by atoms with van der Waals surface area (Å²) in [6.45, 7) is 11.8. The van der Waals surface area contributed by atoms with Gasteiger partial charge in [0.25, 0.3) is 0 Å². The zero-order valence-corrected chi connectivity index (χ0v) is 8.14. The molecule has 0 saturated carbocycles. The minimum Gasteiger partial charge on any atom is -0.0998 e. The van der Waals surface area contributed by atoms with Gasteiger partial charge in [-0.2, -0.15) is 0 Å². The van der Waals surface area contributed by atoms with Crippen LogP contribution >= 0.6 is 0 Å². The summed E-state index contributed by atoms with van der Waals surface area (Å²) >= 11 is 0. The molecule has 0 N–H and O–H groups in total. The Hall–Kier alpha value is -1.04. The Kier molecular flexibility index (Phi) is 6.08. The van der Waals surface area contributed by atoms with Crippen LogP contribution in [0.1, 0.15) is 26.7 Å². The molecule has 0 unspecified atom stereocenters. The predicted molar refractivity (Wildman–Crippen MR) is 57.1 cm³/mol. The molecular weight excluding hydrogens is 144 g/mol. The molecule has 0 aliphatic carbocycles. The summed E-state index contributed by atoms with van der Waals surface area (Å²) < 4.78 is 0. The van der Waals surface area contributed by atoms with Crippen molar-refractivity contribution in [2.75, 3.05) is 0 Å². The predicted octanol–water partition coefficient (Wildman–Crippen LogP) is 4.03. The summed E-state index contributed by atoms with van der Waals surface area (Å²) in [6, 6.07) is 0. The van der Waals surface area contributed by atoms with Gasteiger partial charge < -0.3 is 0 Å². The molecule has 66 valence electrons. The van der Waals surface area contributed by atoms with Gasteiger partial charge in [0, 0.05) is 0 Å². The standard InChI is InChI=1S/C12H18/c1-5-6-7-8-9-12(4)10-11(2)3/h5-8H,2,4,9-10H2,1,3H3. The van der Waals surface area contributed by atoms with Crippen LogP contribution in [0, 0.1) is 0 Å². The van der Waals surface area contributed by atoms with Crippen LogP contribution in [0.25, 0.3) is 0 Å². The summed E-state index contributed by atoms with van der Waals surface area (Å²) in [7, 11) is 0. The van der Waals surface area contributed by atoms with Crippen molar-refractivity contribution in [1.29, 1.82) is 0 Å². The van der Waals surface area contributed by atoms with E-state index in [0.29, 0.717) is 0 Å². The maximum Gasteiger partial charge on any atom is -0.0114 e. The Balaban J connectivity index is 3.64. The van der Waals surface area contributed by atoms with Crippen molar-refractivity contribution in [2.45, 2.75) is 26.7 Å². The Morgan fingerprint density at radius 3 is 2.42 bits per heavy atom. The molecule has 0 heteroatoms. The van der Waals surface area contributed by atoms with Gasteiger partial charge in [0.2, 0.25) is 0 Å². The Morgan fingerprint density at radius 1 is 1.25 bits per heavy atom. The zero-order chi connectivity index (χ0) is 9.40. The van der Waals surface area contributed by atoms with Gasteiger partial charge >= 0.3 is 0 Å². The van der Waals surface area contributed by atoms with Gasteiger partial charge in [0.05, 0.1) is 0 Å². The Bertz CT molecular complexity index is 204. The highest BCUT2D eigenvalue weighted by Gasteiger charge is 1.90. The van der Waals surface area contributed by atoms with Gasteiger partial charge in [-0.3, -0.25) is 0 Å². The molecule has 0 bridgehead atoms. The first-order valence-corrected chi connectivity index (χ1v) is 4.25. The van der Waals surface area contributed by atoms with Crippen LogP contribution in [-0.4, -0.2) is 0 Å². The third-order valence-corrected chi connectivity index (χ3v) is 1.40. The number of allylic oxidation sites excluding steroid dienone is 6. The zero-order valence-electron chi connectivity index (χ0n) is 8.14. The normalized spacial score (nSPS) is 11.2. The van der Waals surface area contributed by atoms with Crippen LogP contribution in [-0.2, 0) is 0 Å². The largest absolute Gasteiger partial charge is 0.0998 e. The van der Waals surface area contributed by atoms with E-state index >= 15 is 0 Å². The van der Waals surface area contributed by atoms with Crippen molar-refractivity contribution in [3.63, 3.8) is 0 Å². The average Bonchev–Trinajstić information content (AvgIpc) is 1.97. The number of rotatable bonds is 5. The maximum atomic E-state index is 3.96. The lowest BCUT2D eigenvalue weighted by Gasteiger charge is -1.99. The SMILES string of the molecule is C=C(C)CC(=C)CC=CC=CC. The molecule has 0 spiro atoms. The second-order valence-electron chi connectivity index (χ2n) is 3.04. The van der Waals surface area contributed by atoms with Crippen molar-refractivity contribution >= 4 is 0 Å². The van der Waals surface area contributed by atoms with Gasteiger partial charge in [-0.05, 0) is 26.7 Å². The molecule has 0 aliphatic heterocycles. The van der Waals surface area contributed by atoms with Crippen LogP contribution in [0.3, 0.4) is 0 Å². The Labute approximate surface area is 76.0 Å². The van der Waals surface area contributed by atoms with Gasteiger partial charge in [0.15, 0.2) is 0 Å². The molecule has 0 rings (SSSR count). The minimum absolute atomic E-state index is 0.945. The van der Waals surface area contributed by atoms with E-state index in [1.807, 2.05) is 32.1 Å². The first kappa shape index (κ1) is 11.0. The van der Waals surface area contributed by atoms with Crippen LogP contribution in [0.15, 0.2) is 48.6 Å². The van der Waals surface area contributed by atoms with E-state index in [1.54, 1.807) is 0 Å².